The van der Waals surface area contributed by atoms with Gasteiger partial charge in [0.2, 0.25) is 0 Å². The molecule has 3 heterocycles. The number of likely N-dealkylation sites (tertiary alicyclic amines) is 1. The molecule has 4 heteroatoms. The molecule has 0 aliphatic carbocycles. The number of benzene rings is 1. The smallest absolute Gasteiger partial charge is 0.0379 e. The lowest BCUT2D eigenvalue weighted by Gasteiger charge is -2.44. The monoisotopic (exact) mass is 303 g/mol. The molecule has 0 saturated carbocycles. The Bertz CT molecular complexity index is 503. The Balaban J connectivity index is 0.00000144. The minimum Gasteiger partial charge on any atom is -0.384 e. The highest BCUT2D eigenvalue weighted by Gasteiger charge is 2.42. The molecule has 4 nitrogen and oxygen atoms in total. The number of anilines is 1. The Morgan fingerprint density at radius 2 is 1.73 bits per heavy atom. The molecule has 3 aliphatic rings. The van der Waals surface area contributed by atoms with Gasteiger partial charge in [-0.05, 0) is 50.4 Å². The molecular formula is C18H29N3O. The van der Waals surface area contributed by atoms with Crippen LogP contribution < -0.4 is 5.32 Å². The average Bonchev–Trinajstić information content (AvgIpc) is 2.88. The van der Waals surface area contributed by atoms with E-state index in [1.807, 2.05) is 0 Å². The van der Waals surface area contributed by atoms with Crippen molar-refractivity contribution in [1.82, 2.24) is 9.96 Å². The molecule has 1 aromatic rings. The first-order chi connectivity index (χ1) is 10.3. The molecule has 22 heavy (non-hydrogen) atoms. The Hall–Kier alpha value is -1.10. The molecule has 0 bridgehead atoms. The van der Waals surface area contributed by atoms with Crippen molar-refractivity contribution in [2.75, 3.05) is 38.0 Å². The van der Waals surface area contributed by atoms with Crippen LogP contribution in [0.25, 0.3) is 0 Å². The van der Waals surface area contributed by atoms with Crippen molar-refractivity contribution >= 4 is 5.69 Å². The lowest BCUT2D eigenvalue weighted by atomic mass is 9.74. The summed E-state index contributed by atoms with van der Waals surface area (Å²) in [5.74, 6) is 0. The molecule has 0 atom stereocenters. The molecule has 1 aromatic carbocycles. The zero-order valence-corrected chi connectivity index (χ0v) is 12.6. The highest BCUT2D eigenvalue weighted by molar-refractivity contribution is 5.60. The summed E-state index contributed by atoms with van der Waals surface area (Å²) in [5, 5.41) is 14.6. The van der Waals surface area contributed by atoms with Crippen LogP contribution in [-0.4, -0.2) is 53.9 Å². The third kappa shape index (κ3) is 2.64. The van der Waals surface area contributed by atoms with E-state index in [0.29, 0.717) is 11.5 Å². The van der Waals surface area contributed by atoms with Gasteiger partial charge in [-0.15, -0.1) is 0 Å². The normalized spacial score (nSPS) is 25.5. The fraction of sp³-hybridized carbons (Fsp3) is 0.667. The van der Waals surface area contributed by atoms with E-state index >= 15 is 0 Å². The summed E-state index contributed by atoms with van der Waals surface area (Å²) in [6.45, 7) is 5.17. The first-order valence-electron chi connectivity index (χ1n) is 8.28. The number of hydroxylamine groups is 2. The third-order valence-electron chi connectivity index (χ3n) is 5.83. The quantitative estimate of drug-likeness (QED) is 0.837. The van der Waals surface area contributed by atoms with Crippen LogP contribution in [0.15, 0.2) is 24.3 Å². The summed E-state index contributed by atoms with van der Waals surface area (Å²) in [5.41, 5.74) is 3.25. The molecule has 122 valence electrons. The summed E-state index contributed by atoms with van der Waals surface area (Å²) in [6.07, 6.45) is 4.74. The van der Waals surface area contributed by atoms with Gasteiger partial charge in [0.15, 0.2) is 0 Å². The Morgan fingerprint density at radius 1 is 1.05 bits per heavy atom. The van der Waals surface area contributed by atoms with E-state index in [1.54, 1.807) is 0 Å². The van der Waals surface area contributed by atoms with E-state index in [1.165, 1.54) is 42.2 Å². The summed E-state index contributed by atoms with van der Waals surface area (Å²) in [4.78, 5) is 2.67. The molecule has 2 fully saturated rings. The van der Waals surface area contributed by atoms with E-state index in [2.05, 4.69) is 34.5 Å². The summed E-state index contributed by atoms with van der Waals surface area (Å²) >= 11 is 0. The van der Waals surface area contributed by atoms with Crippen molar-refractivity contribution in [2.45, 2.75) is 44.6 Å². The van der Waals surface area contributed by atoms with Gasteiger partial charge in [0.1, 0.15) is 0 Å². The molecule has 0 unspecified atom stereocenters. The van der Waals surface area contributed by atoms with Gasteiger partial charge in [0, 0.05) is 36.8 Å². The third-order valence-corrected chi connectivity index (χ3v) is 5.83. The first kappa shape index (κ1) is 15.8. The highest BCUT2D eigenvalue weighted by Crippen LogP contribution is 2.44. The van der Waals surface area contributed by atoms with E-state index in [9.17, 15) is 5.21 Å². The van der Waals surface area contributed by atoms with Crippen LogP contribution in [0.1, 0.15) is 38.7 Å². The molecule has 1 spiro atoms. The Kier molecular flexibility index (Phi) is 4.44. The highest BCUT2D eigenvalue weighted by atomic mass is 16.5. The predicted octanol–water partition coefficient (Wildman–Crippen LogP) is 2.94. The minimum absolute atomic E-state index is 0. The maximum atomic E-state index is 9.51. The van der Waals surface area contributed by atoms with E-state index in [4.69, 9.17) is 0 Å². The van der Waals surface area contributed by atoms with Crippen molar-refractivity contribution in [3.8, 4) is 0 Å². The van der Waals surface area contributed by atoms with Crippen molar-refractivity contribution in [1.29, 1.82) is 0 Å². The zero-order chi connectivity index (χ0) is 14.3. The van der Waals surface area contributed by atoms with Gasteiger partial charge in [-0.2, -0.15) is 5.06 Å². The molecule has 0 amide bonds. The van der Waals surface area contributed by atoms with Gasteiger partial charge in [-0.3, -0.25) is 0 Å². The van der Waals surface area contributed by atoms with Gasteiger partial charge in [0.25, 0.3) is 0 Å². The second-order valence-corrected chi connectivity index (χ2v) is 6.90. The van der Waals surface area contributed by atoms with E-state index < -0.39 is 0 Å². The lowest BCUT2D eigenvalue weighted by Crippen LogP contribution is -2.50. The lowest BCUT2D eigenvalue weighted by molar-refractivity contribution is -0.117. The molecular weight excluding hydrogens is 274 g/mol. The van der Waals surface area contributed by atoms with Gasteiger partial charge >= 0.3 is 0 Å². The number of hydrogen-bond acceptors (Lipinski definition) is 4. The SMILES string of the molecule is C.ON1CCC(N2CCC3(CC2)CNc2ccccc23)CC1. The van der Waals surface area contributed by atoms with Crippen molar-refractivity contribution < 1.29 is 5.21 Å². The average molecular weight is 303 g/mol. The predicted molar refractivity (Wildman–Crippen MR) is 90.5 cm³/mol. The second-order valence-electron chi connectivity index (χ2n) is 6.90. The molecule has 2 N–H and O–H groups in total. The van der Waals surface area contributed by atoms with E-state index in [-0.39, 0.29) is 7.43 Å². The fourth-order valence-electron chi connectivity index (χ4n) is 4.44. The molecule has 3 aliphatic heterocycles. The van der Waals surface area contributed by atoms with Gasteiger partial charge in [0.05, 0.1) is 0 Å². The van der Waals surface area contributed by atoms with Crippen LogP contribution in [0.5, 0.6) is 0 Å². The number of nitrogens with zero attached hydrogens (tertiary/aromatic N) is 2. The molecule has 0 radical (unpaired) electrons. The number of piperidine rings is 2. The Morgan fingerprint density at radius 3 is 2.45 bits per heavy atom. The van der Waals surface area contributed by atoms with Gasteiger partial charge in [-0.1, -0.05) is 25.6 Å². The number of rotatable bonds is 1. The van der Waals surface area contributed by atoms with E-state index in [0.717, 1.165) is 32.5 Å². The minimum atomic E-state index is 0. The Labute approximate surface area is 134 Å². The van der Waals surface area contributed by atoms with Crippen LogP contribution in [0.2, 0.25) is 0 Å². The van der Waals surface area contributed by atoms with Crippen molar-refractivity contribution in [3.63, 3.8) is 0 Å². The van der Waals surface area contributed by atoms with Crippen LogP contribution >= 0.6 is 0 Å². The maximum absolute atomic E-state index is 9.51. The van der Waals surface area contributed by atoms with Crippen molar-refractivity contribution in [3.05, 3.63) is 29.8 Å². The first-order valence-corrected chi connectivity index (χ1v) is 8.28. The topological polar surface area (TPSA) is 38.7 Å². The molecule has 0 aromatic heterocycles. The largest absolute Gasteiger partial charge is 0.384 e. The maximum Gasteiger partial charge on any atom is 0.0379 e. The zero-order valence-electron chi connectivity index (χ0n) is 12.6. The summed E-state index contributed by atoms with van der Waals surface area (Å²) < 4.78 is 0. The summed E-state index contributed by atoms with van der Waals surface area (Å²) in [6, 6.07) is 9.51. The molecule has 2 saturated heterocycles. The van der Waals surface area contributed by atoms with Crippen LogP contribution in [0.4, 0.5) is 5.69 Å². The number of fused-ring (bicyclic) bond motifs is 2. The molecule has 4 rings (SSSR count). The standard InChI is InChI=1S/C17H25N3O.CH4/c21-20-9-5-14(6-10-20)19-11-7-17(8-12-19)13-18-16-4-2-1-3-15(16)17;/h1-4,14,18,21H,5-13H2;1H4. The van der Waals surface area contributed by atoms with Crippen LogP contribution in [0.3, 0.4) is 0 Å². The summed E-state index contributed by atoms with van der Waals surface area (Å²) in [7, 11) is 0. The van der Waals surface area contributed by atoms with Crippen LogP contribution in [0, 0.1) is 0 Å². The van der Waals surface area contributed by atoms with Gasteiger partial charge in [-0.25, -0.2) is 0 Å². The second kappa shape index (κ2) is 6.19. The van der Waals surface area contributed by atoms with Gasteiger partial charge < -0.3 is 15.4 Å². The van der Waals surface area contributed by atoms with Crippen molar-refractivity contribution in [2.24, 2.45) is 0 Å². The number of hydrogen-bond donors (Lipinski definition) is 2. The number of para-hydroxylation sites is 1. The van der Waals surface area contributed by atoms with Crippen LogP contribution in [-0.2, 0) is 5.41 Å². The fourth-order valence-corrected chi connectivity index (χ4v) is 4.44. The number of nitrogens with one attached hydrogen (secondary N) is 1.